The highest BCUT2D eigenvalue weighted by Gasteiger charge is 2.45. The summed E-state index contributed by atoms with van der Waals surface area (Å²) >= 11 is 0. The van der Waals surface area contributed by atoms with E-state index in [2.05, 4.69) is 43.3 Å². The van der Waals surface area contributed by atoms with E-state index < -0.39 is 5.97 Å². The topological polar surface area (TPSA) is 37.3 Å². The molecule has 1 fully saturated rings. The second-order valence-corrected chi connectivity index (χ2v) is 5.93. The van der Waals surface area contributed by atoms with Crippen molar-refractivity contribution in [2.24, 2.45) is 17.8 Å². The van der Waals surface area contributed by atoms with Crippen molar-refractivity contribution in [1.29, 1.82) is 0 Å². The van der Waals surface area contributed by atoms with Crippen molar-refractivity contribution in [3.05, 3.63) is 47.5 Å². The second kappa shape index (κ2) is 4.84. The smallest absolute Gasteiger partial charge is 0.303 e. The Hall–Kier alpha value is -1.57. The summed E-state index contributed by atoms with van der Waals surface area (Å²) in [5, 5.41) is 8.94. The van der Waals surface area contributed by atoms with Gasteiger partial charge in [0, 0.05) is 6.42 Å². The molecular formula is C17H20O2. The average molecular weight is 256 g/mol. The van der Waals surface area contributed by atoms with Crippen LogP contribution in [0.25, 0.3) is 0 Å². The minimum atomic E-state index is -0.671. The number of benzene rings is 1. The molecule has 2 aliphatic rings. The third kappa shape index (κ3) is 2.20. The molecule has 2 aliphatic carbocycles. The van der Waals surface area contributed by atoms with Gasteiger partial charge in [-0.25, -0.2) is 0 Å². The zero-order valence-corrected chi connectivity index (χ0v) is 11.3. The summed E-state index contributed by atoms with van der Waals surface area (Å²) < 4.78 is 0. The van der Waals surface area contributed by atoms with Crippen LogP contribution < -0.4 is 0 Å². The molecule has 2 nitrogen and oxygen atoms in total. The van der Waals surface area contributed by atoms with E-state index in [0.717, 1.165) is 6.42 Å². The molecule has 3 rings (SSSR count). The first-order valence-corrected chi connectivity index (χ1v) is 7.12. The molecule has 0 aromatic heterocycles. The molecule has 1 aromatic rings. The quantitative estimate of drug-likeness (QED) is 0.833. The molecule has 0 aliphatic heterocycles. The Kier molecular flexibility index (Phi) is 3.17. The lowest BCUT2D eigenvalue weighted by Gasteiger charge is -2.29. The first kappa shape index (κ1) is 12.5. The van der Waals surface area contributed by atoms with E-state index >= 15 is 0 Å². The number of aryl methyl sites for hydroxylation is 1. The number of hydrogen-bond acceptors (Lipinski definition) is 1. The zero-order valence-electron chi connectivity index (χ0n) is 11.3. The van der Waals surface area contributed by atoms with Crippen LogP contribution in [0, 0.1) is 24.7 Å². The Labute approximate surface area is 114 Å². The van der Waals surface area contributed by atoms with Crippen molar-refractivity contribution >= 4 is 5.97 Å². The van der Waals surface area contributed by atoms with Gasteiger partial charge in [-0.15, -0.1) is 0 Å². The van der Waals surface area contributed by atoms with Gasteiger partial charge in [0.2, 0.25) is 0 Å². The van der Waals surface area contributed by atoms with E-state index in [9.17, 15) is 4.79 Å². The van der Waals surface area contributed by atoms with E-state index in [4.69, 9.17) is 5.11 Å². The van der Waals surface area contributed by atoms with Gasteiger partial charge in [-0.05, 0) is 54.6 Å². The molecular weight excluding hydrogens is 236 g/mol. The molecule has 19 heavy (non-hydrogen) atoms. The van der Waals surface area contributed by atoms with Gasteiger partial charge in [-0.2, -0.15) is 0 Å². The fourth-order valence-electron chi connectivity index (χ4n) is 4.03. The molecule has 0 radical (unpaired) electrons. The monoisotopic (exact) mass is 256 g/mol. The summed E-state index contributed by atoms with van der Waals surface area (Å²) in [4.78, 5) is 10.9. The SMILES string of the molecule is Cc1ccccc1C1C2C=CC(C2)C1CCC(=O)O. The van der Waals surface area contributed by atoms with Crippen LogP contribution >= 0.6 is 0 Å². The lowest BCUT2D eigenvalue weighted by Crippen LogP contribution is -2.19. The van der Waals surface area contributed by atoms with Gasteiger partial charge in [0.05, 0.1) is 0 Å². The van der Waals surface area contributed by atoms with Crippen molar-refractivity contribution in [2.45, 2.75) is 32.1 Å². The molecule has 4 atom stereocenters. The van der Waals surface area contributed by atoms with Crippen LogP contribution in [-0.4, -0.2) is 11.1 Å². The average Bonchev–Trinajstić information content (AvgIpc) is 2.97. The number of carboxylic acid groups (broad SMARTS) is 1. The van der Waals surface area contributed by atoms with Crippen molar-refractivity contribution in [2.75, 3.05) is 0 Å². The summed E-state index contributed by atoms with van der Waals surface area (Å²) in [5.41, 5.74) is 2.77. The van der Waals surface area contributed by atoms with Gasteiger partial charge < -0.3 is 5.11 Å². The van der Waals surface area contributed by atoms with E-state index in [1.165, 1.54) is 17.5 Å². The first-order chi connectivity index (χ1) is 9.16. The molecule has 0 saturated heterocycles. The van der Waals surface area contributed by atoms with Crippen LogP contribution in [0.1, 0.15) is 36.3 Å². The van der Waals surface area contributed by atoms with Crippen molar-refractivity contribution < 1.29 is 9.90 Å². The molecule has 0 heterocycles. The molecule has 0 spiro atoms. The van der Waals surface area contributed by atoms with E-state index in [1.54, 1.807) is 0 Å². The molecule has 2 bridgehead atoms. The fourth-order valence-corrected chi connectivity index (χ4v) is 4.03. The van der Waals surface area contributed by atoms with Gasteiger partial charge in [0.1, 0.15) is 0 Å². The Morgan fingerprint density at radius 1 is 1.26 bits per heavy atom. The third-order valence-corrected chi connectivity index (χ3v) is 4.86. The first-order valence-electron chi connectivity index (χ1n) is 7.12. The molecule has 1 saturated carbocycles. The summed E-state index contributed by atoms with van der Waals surface area (Å²) in [6.45, 7) is 2.17. The van der Waals surface area contributed by atoms with Crippen LogP contribution in [0.3, 0.4) is 0 Å². The molecule has 1 aromatic carbocycles. The maximum absolute atomic E-state index is 10.9. The lowest BCUT2D eigenvalue weighted by molar-refractivity contribution is -0.137. The fraction of sp³-hybridized carbons (Fsp3) is 0.471. The standard InChI is InChI=1S/C17H20O2/c1-11-4-2-3-5-14(11)17-13-7-6-12(10-13)15(17)8-9-16(18)19/h2-7,12-13,15,17H,8-10H2,1H3,(H,18,19). The number of carbonyl (C=O) groups is 1. The maximum Gasteiger partial charge on any atom is 0.303 e. The van der Waals surface area contributed by atoms with E-state index in [0.29, 0.717) is 30.1 Å². The van der Waals surface area contributed by atoms with Gasteiger partial charge in [0.25, 0.3) is 0 Å². The predicted octanol–water partition coefficient (Wildman–Crippen LogP) is 3.77. The Morgan fingerprint density at radius 3 is 2.74 bits per heavy atom. The highest BCUT2D eigenvalue weighted by Crippen LogP contribution is 2.55. The zero-order chi connectivity index (χ0) is 13.4. The van der Waals surface area contributed by atoms with Crippen LogP contribution in [0.4, 0.5) is 0 Å². The van der Waals surface area contributed by atoms with E-state index in [1.807, 2.05) is 0 Å². The summed E-state index contributed by atoms with van der Waals surface area (Å²) in [6, 6.07) is 8.57. The Balaban J connectivity index is 1.88. The number of fused-ring (bicyclic) bond motifs is 2. The number of allylic oxidation sites excluding steroid dienone is 2. The number of carboxylic acids is 1. The second-order valence-electron chi connectivity index (χ2n) is 5.93. The van der Waals surface area contributed by atoms with Gasteiger partial charge >= 0.3 is 5.97 Å². The maximum atomic E-state index is 10.9. The molecule has 100 valence electrons. The molecule has 4 unspecified atom stereocenters. The van der Waals surface area contributed by atoms with Gasteiger partial charge in [0.15, 0.2) is 0 Å². The Bertz CT molecular complexity index is 518. The van der Waals surface area contributed by atoms with Crippen molar-refractivity contribution in [1.82, 2.24) is 0 Å². The van der Waals surface area contributed by atoms with Crippen molar-refractivity contribution in [3.8, 4) is 0 Å². The summed E-state index contributed by atoms with van der Waals surface area (Å²) in [7, 11) is 0. The minimum absolute atomic E-state index is 0.296. The van der Waals surface area contributed by atoms with Crippen molar-refractivity contribution in [3.63, 3.8) is 0 Å². The van der Waals surface area contributed by atoms with Gasteiger partial charge in [-0.3, -0.25) is 4.79 Å². The predicted molar refractivity (Wildman–Crippen MR) is 75.0 cm³/mol. The largest absolute Gasteiger partial charge is 0.481 e. The van der Waals surface area contributed by atoms with E-state index in [-0.39, 0.29) is 0 Å². The normalized spacial score (nSPS) is 31.8. The lowest BCUT2D eigenvalue weighted by atomic mass is 9.75. The van der Waals surface area contributed by atoms with Gasteiger partial charge in [-0.1, -0.05) is 36.4 Å². The highest BCUT2D eigenvalue weighted by molar-refractivity contribution is 5.66. The highest BCUT2D eigenvalue weighted by atomic mass is 16.4. The van der Waals surface area contributed by atoms with Crippen LogP contribution in [0.2, 0.25) is 0 Å². The number of hydrogen-bond donors (Lipinski definition) is 1. The summed E-state index contributed by atoms with van der Waals surface area (Å²) in [5.74, 6) is 1.57. The molecule has 0 amide bonds. The summed E-state index contributed by atoms with van der Waals surface area (Å²) in [6.07, 6.45) is 6.97. The van der Waals surface area contributed by atoms with Crippen LogP contribution in [-0.2, 0) is 4.79 Å². The molecule has 2 heteroatoms. The Morgan fingerprint density at radius 2 is 2.00 bits per heavy atom. The van der Waals surface area contributed by atoms with Crippen LogP contribution in [0.15, 0.2) is 36.4 Å². The number of rotatable bonds is 4. The third-order valence-electron chi connectivity index (χ3n) is 4.86. The molecule has 1 N–H and O–H groups in total. The van der Waals surface area contributed by atoms with Crippen LogP contribution in [0.5, 0.6) is 0 Å². The minimum Gasteiger partial charge on any atom is -0.481 e. The number of aliphatic carboxylic acids is 1.